The summed E-state index contributed by atoms with van der Waals surface area (Å²) in [5.74, 6) is -0.0123. The van der Waals surface area contributed by atoms with E-state index in [1.54, 1.807) is 36.4 Å². The number of halogens is 2. The number of phenolic OH excluding ortho intramolecular Hbond substituents is 1. The van der Waals surface area contributed by atoms with Crippen LogP contribution in [0.2, 0.25) is 5.02 Å². The van der Waals surface area contributed by atoms with Crippen molar-refractivity contribution in [2.24, 2.45) is 0 Å². The van der Waals surface area contributed by atoms with Gasteiger partial charge in [-0.15, -0.1) is 0 Å². The zero-order chi connectivity index (χ0) is 13.8. The lowest BCUT2D eigenvalue weighted by Gasteiger charge is -2.06. The van der Waals surface area contributed by atoms with Gasteiger partial charge in [-0.2, -0.15) is 0 Å². The summed E-state index contributed by atoms with van der Waals surface area (Å²) in [5, 5.41) is 12.7. The van der Waals surface area contributed by atoms with Crippen molar-refractivity contribution in [2.75, 3.05) is 0 Å². The lowest BCUT2D eigenvalue weighted by atomic mass is 10.2. The molecule has 0 aliphatic heterocycles. The number of rotatable bonds is 3. The van der Waals surface area contributed by atoms with Crippen LogP contribution in [-0.4, -0.2) is 11.0 Å². The zero-order valence-corrected chi connectivity index (χ0v) is 12.2. The molecule has 0 fully saturated rings. The number of hydrogen-bond acceptors (Lipinski definition) is 2. The number of amides is 1. The van der Waals surface area contributed by atoms with Crippen LogP contribution in [0.5, 0.6) is 5.75 Å². The van der Waals surface area contributed by atoms with E-state index >= 15 is 0 Å². The van der Waals surface area contributed by atoms with Crippen LogP contribution in [0.25, 0.3) is 0 Å². The van der Waals surface area contributed by atoms with Gasteiger partial charge >= 0.3 is 0 Å². The summed E-state index contributed by atoms with van der Waals surface area (Å²) < 4.78 is 0.680. The fraction of sp³-hybridized carbons (Fsp3) is 0.0714. The van der Waals surface area contributed by atoms with Crippen LogP contribution in [-0.2, 0) is 6.54 Å². The highest BCUT2D eigenvalue weighted by molar-refractivity contribution is 9.10. The number of carbonyl (C=O) groups is 1. The number of phenols is 1. The predicted molar refractivity (Wildman–Crippen MR) is 78.4 cm³/mol. The van der Waals surface area contributed by atoms with Crippen molar-refractivity contribution in [1.82, 2.24) is 5.32 Å². The van der Waals surface area contributed by atoms with Gasteiger partial charge in [0.2, 0.25) is 0 Å². The van der Waals surface area contributed by atoms with Gasteiger partial charge in [-0.05, 0) is 51.8 Å². The normalized spacial score (nSPS) is 10.2. The Morgan fingerprint density at radius 2 is 2.05 bits per heavy atom. The molecule has 0 spiro atoms. The summed E-state index contributed by atoms with van der Waals surface area (Å²) in [5.41, 5.74) is 1.36. The maximum absolute atomic E-state index is 11.9. The van der Waals surface area contributed by atoms with Crippen LogP contribution >= 0.6 is 27.5 Å². The molecule has 0 saturated carbocycles. The number of nitrogens with one attached hydrogen (secondary N) is 1. The van der Waals surface area contributed by atoms with Gasteiger partial charge in [0.25, 0.3) is 5.91 Å². The van der Waals surface area contributed by atoms with Crippen molar-refractivity contribution in [1.29, 1.82) is 0 Å². The van der Waals surface area contributed by atoms with E-state index in [4.69, 9.17) is 11.6 Å². The molecule has 0 aliphatic rings. The summed E-state index contributed by atoms with van der Waals surface area (Å²) >= 11 is 9.14. The Morgan fingerprint density at radius 1 is 1.26 bits per heavy atom. The van der Waals surface area contributed by atoms with E-state index in [0.29, 0.717) is 21.6 Å². The third kappa shape index (κ3) is 3.72. The molecule has 98 valence electrons. The Kier molecular flexibility index (Phi) is 4.45. The van der Waals surface area contributed by atoms with E-state index in [9.17, 15) is 9.90 Å². The fourth-order valence-corrected chi connectivity index (χ4v) is 2.08. The Labute approximate surface area is 124 Å². The summed E-state index contributed by atoms with van der Waals surface area (Å²) in [6.45, 7) is 0.355. The molecule has 2 aromatic carbocycles. The number of hydrogen-bond donors (Lipinski definition) is 2. The van der Waals surface area contributed by atoms with Crippen LogP contribution in [0, 0.1) is 0 Å². The minimum absolute atomic E-state index is 0.181. The molecule has 2 N–H and O–H groups in total. The van der Waals surface area contributed by atoms with Crippen molar-refractivity contribution >= 4 is 33.4 Å². The van der Waals surface area contributed by atoms with E-state index in [-0.39, 0.29) is 11.7 Å². The van der Waals surface area contributed by atoms with E-state index in [2.05, 4.69) is 21.2 Å². The van der Waals surface area contributed by atoms with Crippen molar-refractivity contribution in [3.8, 4) is 5.75 Å². The smallest absolute Gasteiger partial charge is 0.251 e. The van der Waals surface area contributed by atoms with Crippen molar-refractivity contribution in [3.05, 3.63) is 63.1 Å². The van der Waals surface area contributed by atoms with Gasteiger partial charge in [-0.3, -0.25) is 4.79 Å². The zero-order valence-electron chi connectivity index (χ0n) is 9.86. The molecule has 0 bridgehead atoms. The van der Waals surface area contributed by atoms with Crippen molar-refractivity contribution in [3.63, 3.8) is 0 Å². The molecule has 0 unspecified atom stereocenters. The van der Waals surface area contributed by atoms with Gasteiger partial charge in [-0.1, -0.05) is 23.7 Å². The predicted octanol–water partition coefficient (Wildman–Crippen LogP) is 3.74. The first-order chi connectivity index (χ1) is 9.06. The average Bonchev–Trinajstić information content (AvgIpc) is 2.39. The molecule has 0 radical (unpaired) electrons. The molecular weight excluding hydrogens is 330 g/mol. The third-order valence-electron chi connectivity index (χ3n) is 2.55. The van der Waals surface area contributed by atoms with Crippen molar-refractivity contribution in [2.45, 2.75) is 6.54 Å². The molecule has 0 saturated heterocycles. The van der Waals surface area contributed by atoms with Crippen LogP contribution in [0.1, 0.15) is 15.9 Å². The lowest BCUT2D eigenvalue weighted by molar-refractivity contribution is 0.0951. The SMILES string of the molecule is O=C(NCc1cccc(O)c1)c1ccc(Cl)c(Br)c1. The first kappa shape index (κ1) is 13.9. The molecule has 0 atom stereocenters. The second-order valence-corrected chi connectivity index (χ2v) is 5.24. The number of aromatic hydroxyl groups is 1. The van der Waals surface area contributed by atoms with E-state index in [1.165, 1.54) is 0 Å². The second kappa shape index (κ2) is 6.08. The summed E-state index contributed by atoms with van der Waals surface area (Å²) in [6.07, 6.45) is 0. The number of benzene rings is 2. The molecule has 0 heterocycles. The molecule has 3 nitrogen and oxygen atoms in total. The highest BCUT2D eigenvalue weighted by Gasteiger charge is 2.07. The Bertz CT molecular complexity index is 616. The van der Waals surface area contributed by atoms with Crippen LogP contribution in [0.4, 0.5) is 0 Å². The van der Waals surface area contributed by atoms with E-state index in [0.717, 1.165) is 5.56 Å². The van der Waals surface area contributed by atoms with Gasteiger partial charge in [0.05, 0.1) is 5.02 Å². The minimum Gasteiger partial charge on any atom is -0.508 e. The van der Waals surface area contributed by atoms with Crippen LogP contribution in [0.15, 0.2) is 46.9 Å². The molecule has 0 aromatic heterocycles. The quantitative estimate of drug-likeness (QED) is 0.894. The molecule has 5 heteroatoms. The maximum Gasteiger partial charge on any atom is 0.251 e. The third-order valence-corrected chi connectivity index (χ3v) is 3.76. The highest BCUT2D eigenvalue weighted by atomic mass is 79.9. The first-order valence-electron chi connectivity index (χ1n) is 5.57. The van der Waals surface area contributed by atoms with Gasteiger partial charge in [-0.25, -0.2) is 0 Å². The second-order valence-electron chi connectivity index (χ2n) is 3.98. The van der Waals surface area contributed by atoms with Crippen molar-refractivity contribution < 1.29 is 9.90 Å². The van der Waals surface area contributed by atoms with Gasteiger partial charge in [0.1, 0.15) is 5.75 Å². The van der Waals surface area contributed by atoms with Crippen LogP contribution in [0.3, 0.4) is 0 Å². The van der Waals surface area contributed by atoms with Crippen LogP contribution < -0.4 is 5.32 Å². The summed E-state index contributed by atoms with van der Waals surface area (Å²) in [6, 6.07) is 11.7. The van der Waals surface area contributed by atoms with Gasteiger partial charge < -0.3 is 10.4 Å². The molecular formula is C14H11BrClNO2. The number of carbonyl (C=O) groups excluding carboxylic acids is 1. The Hall–Kier alpha value is -1.52. The minimum atomic E-state index is -0.194. The summed E-state index contributed by atoms with van der Waals surface area (Å²) in [4.78, 5) is 11.9. The first-order valence-corrected chi connectivity index (χ1v) is 6.74. The maximum atomic E-state index is 11.9. The topological polar surface area (TPSA) is 49.3 Å². The lowest BCUT2D eigenvalue weighted by Crippen LogP contribution is -2.22. The molecule has 2 aromatic rings. The fourth-order valence-electron chi connectivity index (χ4n) is 1.59. The van der Waals surface area contributed by atoms with E-state index < -0.39 is 0 Å². The van der Waals surface area contributed by atoms with E-state index in [1.807, 2.05) is 6.07 Å². The molecule has 2 rings (SSSR count). The van der Waals surface area contributed by atoms with Gasteiger partial charge in [0.15, 0.2) is 0 Å². The molecule has 1 amide bonds. The van der Waals surface area contributed by atoms with Gasteiger partial charge in [0, 0.05) is 16.6 Å². The molecule has 0 aliphatic carbocycles. The summed E-state index contributed by atoms with van der Waals surface area (Å²) in [7, 11) is 0. The Balaban J connectivity index is 2.03. The standard InChI is InChI=1S/C14H11BrClNO2/c15-12-7-10(4-5-13(12)16)14(19)17-8-9-2-1-3-11(18)6-9/h1-7,18H,8H2,(H,17,19). The monoisotopic (exact) mass is 339 g/mol. The Morgan fingerprint density at radius 3 is 2.74 bits per heavy atom. The average molecular weight is 341 g/mol. The molecule has 19 heavy (non-hydrogen) atoms. The largest absolute Gasteiger partial charge is 0.508 e. The highest BCUT2D eigenvalue weighted by Crippen LogP contribution is 2.23.